The molecule has 0 amide bonds. The molecule has 0 fully saturated rings. The largest absolute Gasteiger partial charge is 0.573 e. The molecular formula is C13H17ClF3NO. The lowest BCUT2D eigenvalue weighted by Crippen LogP contribution is -2.39. The van der Waals surface area contributed by atoms with E-state index in [0.717, 1.165) is 12.0 Å². The van der Waals surface area contributed by atoms with Crippen LogP contribution < -0.4 is 10.1 Å². The van der Waals surface area contributed by atoms with Gasteiger partial charge in [0, 0.05) is 18.0 Å². The number of alkyl halides is 4. The minimum absolute atomic E-state index is 0.108. The minimum Gasteiger partial charge on any atom is -0.406 e. The molecule has 1 aromatic carbocycles. The van der Waals surface area contributed by atoms with Crippen molar-refractivity contribution in [1.82, 2.24) is 5.32 Å². The van der Waals surface area contributed by atoms with Crippen LogP contribution in [0.1, 0.15) is 25.8 Å². The highest BCUT2D eigenvalue weighted by Crippen LogP contribution is 2.22. The van der Waals surface area contributed by atoms with E-state index in [1.807, 2.05) is 13.8 Å². The summed E-state index contributed by atoms with van der Waals surface area (Å²) in [6.07, 6.45) is -3.84. The van der Waals surface area contributed by atoms with Gasteiger partial charge in [0.1, 0.15) is 5.75 Å². The zero-order valence-electron chi connectivity index (χ0n) is 10.9. The predicted molar refractivity (Wildman–Crippen MR) is 69.4 cm³/mol. The van der Waals surface area contributed by atoms with Crippen LogP contribution in [-0.2, 0) is 6.54 Å². The van der Waals surface area contributed by atoms with Crippen molar-refractivity contribution in [3.8, 4) is 5.75 Å². The van der Waals surface area contributed by atoms with E-state index in [4.69, 9.17) is 11.6 Å². The second-order valence-electron chi connectivity index (χ2n) is 4.87. The lowest BCUT2D eigenvalue weighted by molar-refractivity contribution is -0.274. The third-order valence-electron chi connectivity index (χ3n) is 2.65. The summed E-state index contributed by atoms with van der Waals surface area (Å²) in [5.41, 5.74) is 0.778. The van der Waals surface area contributed by atoms with Crippen LogP contribution in [0.25, 0.3) is 0 Å². The maximum atomic E-state index is 12.0. The smallest absolute Gasteiger partial charge is 0.406 e. The van der Waals surface area contributed by atoms with Crippen LogP contribution in [0.3, 0.4) is 0 Å². The van der Waals surface area contributed by atoms with Crippen LogP contribution in [0.15, 0.2) is 24.3 Å². The number of hydrogen-bond donors (Lipinski definition) is 1. The van der Waals surface area contributed by atoms with Gasteiger partial charge in [-0.25, -0.2) is 0 Å². The molecule has 1 aromatic rings. The molecule has 0 saturated carbocycles. The number of halogens is 4. The first-order valence-corrected chi connectivity index (χ1v) is 6.41. The summed E-state index contributed by atoms with van der Waals surface area (Å²) in [5, 5.41) is 3.30. The topological polar surface area (TPSA) is 21.3 Å². The Labute approximate surface area is 115 Å². The highest BCUT2D eigenvalue weighted by molar-refractivity contribution is 6.17. The fourth-order valence-electron chi connectivity index (χ4n) is 1.47. The van der Waals surface area contributed by atoms with Gasteiger partial charge in [0.2, 0.25) is 0 Å². The molecule has 108 valence electrons. The Kier molecular flexibility index (Phi) is 5.50. The molecule has 6 heteroatoms. The van der Waals surface area contributed by atoms with Crippen molar-refractivity contribution in [2.24, 2.45) is 0 Å². The molecule has 0 aliphatic heterocycles. The maximum absolute atomic E-state index is 12.0. The van der Waals surface area contributed by atoms with E-state index in [-0.39, 0.29) is 11.3 Å². The van der Waals surface area contributed by atoms with Crippen LogP contribution in [0, 0.1) is 0 Å². The third-order valence-corrected chi connectivity index (χ3v) is 2.84. The Morgan fingerprint density at radius 1 is 1.16 bits per heavy atom. The zero-order chi connectivity index (χ0) is 14.5. The Morgan fingerprint density at radius 3 is 2.21 bits per heavy atom. The first-order chi connectivity index (χ1) is 8.72. The predicted octanol–water partition coefficient (Wildman–Crippen LogP) is 4.08. The summed E-state index contributed by atoms with van der Waals surface area (Å²) in [5.74, 6) is 0.342. The lowest BCUT2D eigenvalue weighted by atomic mass is 10.0. The highest BCUT2D eigenvalue weighted by Gasteiger charge is 2.30. The van der Waals surface area contributed by atoms with Crippen LogP contribution in [0.4, 0.5) is 13.2 Å². The molecule has 2 nitrogen and oxygen atoms in total. The van der Waals surface area contributed by atoms with Crippen molar-refractivity contribution in [3.05, 3.63) is 29.8 Å². The maximum Gasteiger partial charge on any atom is 0.573 e. The summed E-state index contributed by atoms with van der Waals surface area (Å²) in [6.45, 7) is 4.61. The number of ether oxygens (including phenoxy) is 1. The molecule has 0 saturated heterocycles. The molecule has 0 heterocycles. The second-order valence-corrected chi connectivity index (χ2v) is 5.25. The molecule has 0 bridgehead atoms. The van der Waals surface area contributed by atoms with E-state index in [1.165, 1.54) is 12.1 Å². The van der Waals surface area contributed by atoms with E-state index in [9.17, 15) is 13.2 Å². The molecule has 0 unspecified atom stereocenters. The van der Waals surface area contributed by atoms with Crippen LogP contribution >= 0.6 is 11.6 Å². The molecule has 0 radical (unpaired) electrons. The van der Waals surface area contributed by atoms with Crippen molar-refractivity contribution < 1.29 is 17.9 Å². The van der Waals surface area contributed by atoms with Crippen molar-refractivity contribution in [1.29, 1.82) is 0 Å². The first-order valence-electron chi connectivity index (χ1n) is 5.87. The molecule has 0 aliphatic rings. The molecule has 0 aliphatic carbocycles. The number of rotatable bonds is 6. The monoisotopic (exact) mass is 295 g/mol. The number of hydrogen-bond acceptors (Lipinski definition) is 2. The van der Waals surface area contributed by atoms with Crippen molar-refractivity contribution in [2.75, 3.05) is 5.88 Å². The lowest BCUT2D eigenvalue weighted by Gasteiger charge is -2.25. The van der Waals surface area contributed by atoms with Crippen LogP contribution in [0.2, 0.25) is 0 Å². The second kappa shape index (κ2) is 6.48. The summed E-state index contributed by atoms with van der Waals surface area (Å²) in [7, 11) is 0. The van der Waals surface area contributed by atoms with Crippen molar-refractivity contribution >= 4 is 11.6 Å². The van der Waals surface area contributed by atoms with Gasteiger partial charge < -0.3 is 10.1 Å². The molecule has 0 aromatic heterocycles. The average Bonchev–Trinajstić information content (AvgIpc) is 2.26. The van der Waals surface area contributed by atoms with Gasteiger partial charge in [-0.15, -0.1) is 24.8 Å². The summed E-state index contributed by atoms with van der Waals surface area (Å²) in [4.78, 5) is 0. The molecule has 1 rings (SSSR count). The highest BCUT2D eigenvalue weighted by atomic mass is 35.5. The van der Waals surface area contributed by atoms with Crippen molar-refractivity contribution in [3.63, 3.8) is 0 Å². The van der Waals surface area contributed by atoms with Gasteiger partial charge in [-0.3, -0.25) is 0 Å². The average molecular weight is 296 g/mol. The van der Waals surface area contributed by atoms with E-state index in [1.54, 1.807) is 12.1 Å². The Balaban J connectivity index is 2.53. The fraction of sp³-hybridized carbons (Fsp3) is 0.538. The Hall–Kier alpha value is -0.940. The first kappa shape index (κ1) is 16.1. The number of benzene rings is 1. The Morgan fingerprint density at radius 2 is 1.74 bits per heavy atom. The van der Waals surface area contributed by atoms with Gasteiger partial charge in [-0.2, -0.15) is 0 Å². The summed E-state index contributed by atoms with van der Waals surface area (Å²) in [6, 6.07) is 5.81. The fourth-order valence-corrected chi connectivity index (χ4v) is 1.95. The van der Waals surface area contributed by atoms with E-state index >= 15 is 0 Å². The molecular weight excluding hydrogens is 279 g/mol. The van der Waals surface area contributed by atoms with E-state index in [0.29, 0.717) is 12.4 Å². The van der Waals surface area contributed by atoms with Gasteiger partial charge in [-0.05, 0) is 38.0 Å². The normalized spacial score (nSPS) is 12.5. The van der Waals surface area contributed by atoms with Gasteiger partial charge in [0.25, 0.3) is 0 Å². The Bertz CT molecular complexity index is 390. The van der Waals surface area contributed by atoms with Gasteiger partial charge in [0.05, 0.1) is 0 Å². The molecule has 0 atom stereocenters. The van der Waals surface area contributed by atoms with Crippen LogP contribution in [-0.4, -0.2) is 17.8 Å². The third kappa shape index (κ3) is 6.68. The standard InChI is InChI=1S/C13H17ClF3NO/c1-12(2,7-8-14)18-9-10-3-5-11(6-4-10)19-13(15,16)17/h3-6,18H,7-9H2,1-2H3. The van der Waals surface area contributed by atoms with Gasteiger partial charge >= 0.3 is 6.36 Å². The van der Waals surface area contributed by atoms with Crippen LogP contribution in [0.5, 0.6) is 5.75 Å². The quantitative estimate of drug-likeness (QED) is 0.798. The van der Waals surface area contributed by atoms with E-state index < -0.39 is 6.36 Å². The van der Waals surface area contributed by atoms with E-state index in [2.05, 4.69) is 10.1 Å². The number of nitrogens with one attached hydrogen (secondary N) is 1. The van der Waals surface area contributed by atoms with Crippen molar-refractivity contribution in [2.45, 2.75) is 38.7 Å². The van der Waals surface area contributed by atoms with Gasteiger partial charge in [0.15, 0.2) is 0 Å². The summed E-state index contributed by atoms with van der Waals surface area (Å²) >= 11 is 5.69. The zero-order valence-corrected chi connectivity index (χ0v) is 11.6. The summed E-state index contributed by atoms with van der Waals surface area (Å²) < 4.78 is 39.8. The molecule has 1 N–H and O–H groups in total. The van der Waals surface area contributed by atoms with Gasteiger partial charge in [-0.1, -0.05) is 12.1 Å². The molecule has 0 spiro atoms. The molecule has 19 heavy (non-hydrogen) atoms. The minimum atomic E-state index is -4.65. The SMILES string of the molecule is CC(C)(CCCl)NCc1ccc(OC(F)(F)F)cc1.